The Kier molecular flexibility index (Phi) is 4.11. The maximum atomic E-state index is 14.8. The number of hydrogen-bond acceptors (Lipinski definition) is 5. The second kappa shape index (κ2) is 6.84. The number of nitrogen functional groups attached to an aromatic ring is 1. The fourth-order valence-corrected chi connectivity index (χ4v) is 3.95. The van der Waals surface area contributed by atoms with Crippen molar-refractivity contribution in [3.8, 4) is 11.1 Å². The lowest BCUT2D eigenvalue weighted by Gasteiger charge is -2.10. The third-order valence-corrected chi connectivity index (χ3v) is 5.19. The van der Waals surface area contributed by atoms with Gasteiger partial charge in [0.05, 0.1) is 28.1 Å². The molecule has 154 valence electrons. The number of fused-ring (bicyclic) bond motifs is 3. The van der Waals surface area contributed by atoms with E-state index >= 15 is 0 Å². The molecular formula is C22H15FN4O4. The summed E-state index contributed by atoms with van der Waals surface area (Å²) in [5, 5.41) is 10.7. The molecule has 0 aliphatic carbocycles. The fourth-order valence-electron chi connectivity index (χ4n) is 3.95. The Morgan fingerprint density at radius 1 is 1.29 bits per heavy atom. The minimum Gasteiger partial charge on any atom is -0.477 e. The highest BCUT2D eigenvalue weighted by atomic mass is 19.1. The Morgan fingerprint density at radius 3 is 2.87 bits per heavy atom. The van der Waals surface area contributed by atoms with Gasteiger partial charge in [0, 0.05) is 24.5 Å². The van der Waals surface area contributed by atoms with Gasteiger partial charge in [-0.25, -0.2) is 14.2 Å². The molecule has 0 radical (unpaired) electrons. The highest BCUT2D eigenvalue weighted by Gasteiger charge is 2.28. The number of pyridine rings is 2. The third kappa shape index (κ3) is 2.86. The average Bonchev–Trinajstić information content (AvgIpc) is 3.32. The van der Waals surface area contributed by atoms with Crippen LogP contribution in [-0.2, 0) is 6.54 Å². The number of aromatic amines is 1. The molecule has 8 nitrogen and oxygen atoms in total. The van der Waals surface area contributed by atoms with Crippen molar-refractivity contribution in [2.45, 2.75) is 6.54 Å². The Bertz CT molecular complexity index is 1550. The van der Waals surface area contributed by atoms with E-state index in [2.05, 4.69) is 9.97 Å². The molecular weight excluding hydrogens is 403 g/mol. The number of carbonyl (C=O) groups is 1. The number of nitrogens with one attached hydrogen (secondary N) is 1. The van der Waals surface area contributed by atoms with Crippen molar-refractivity contribution in [3.63, 3.8) is 0 Å². The van der Waals surface area contributed by atoms with Gasteiger partial charge in [-0.15, -0.1) is 0 Å². The van der Waals surface area contributed by atoms with E-state index in [0.29, 0.717) is 10.9 Å². The SMILES string of the molecule is Nc1cc(Cn2c(C(=O)O)c(-c3ccc[nH]c3=O)c3c4occc4c(F)cc32)ccn1. The van der Waals surface area contributed by atoms with Crippen molar-refractivity contribution in [1.29, 1.82) is 0 Å². The second-order valence-electron chi connectivity index (χ2n) is 7.03. The molecule has 0 unspecified atom stereocenters. The summed E-state index contributed by atoms with van der Waals surface area (Å²) in [6.45, 7) is 0.0707. The number of aromatic nitrogens is 3. The number of halogens is 1. The highest BCUT2D eigenvalue weighted by molar-refractivity contribution is 6.17. The normalized spacial score (nSPS) is 11.4. The first kappa shape index (κ1) is 18.6. The van der Waals surface area contributed by atoms with Gasteiger partial charge >= 0.3 is 5.97 Å². The summed E-state index contributed by atoms with van der Waals surface area (Å²) in [5.41, 5.74) is 6.55. The number of nitrogens with zero attached hydrogens (tertiary/aromatic N) is 2. The zero-order valence-corrected chi connectivity index (χ0v) is 15.9. The summed E-state index contributed by atoms with van der Waals surface area (Å²) in [5.74, 6) is -1.56. The fraction of sp³-hybridized carbons (Fsp3) is 0.0455. The molecule has 0 amide bonds. The number of carboxylic acid groups (broad SMARTS) is 1. The van der Waals surface area contributed by atoms with Crippen LogP contribution in [0.4, 0.5) is 10.2 Å². The van der Waals surface area contributed by atoms with Crippen LogP contribution in [0.15, 0.2) is 64.3 Å². The van der Waals surface area contributed by atoms with Crippen molar-refractivity contribution in [1.82, 2.24) is 14.5 Å². The molecule has 0 spiro atoms. The molecule has 0 bridgehead atoms. The van der Waals surface area contributed by atoms with E-state index in [-0.39, 0.29) is 45.7 Å². The molecule has 5 rings (SSSR count). The van der Waals surface area contributed by atoms with Crippen molar-refractivity contribution < 1.29 is 18.7 Å². The molecule has 4 aromatic heterocycles. The molecule has 5 aromatic rings. The number of carboxylic acids is 1. The van der Waals surface area contributed by atoms with E-state index in [9.17, 15) is 19.1 Å². The summed E-state index contributed by atoms with van der Waals surface area (Å²) < 4.78 is 21.8. The highest BCUT2D eigenvalue weighted by Crippen LogP contribution is 2.40. The molecule has 0 atom stereocenters. The van der Waals surface area contributed by atoms with E-state index in [1.54, 1.807) is 18.2 Å². The number of anilines is 1. The van der Waals surface area contributed by atoms with Crippen LogP contribution in [-0.4, -0.2) is 25.6 Å². The number of aromatic carboxylic acids is 1. The van der Waals surface area contributed by atoms with Crippen LogP contribution >= 0.6 is 0 Å². The second-order valence-corrected chi connectivity index (χ2v) is 7.03. The topological polar surface area (TPSA) is 127 Å². The summed E-state index contributed by atoms with van der Waals surface area (Å²) in [7, 11) is 0. The molecule has 31 heavy (non-hydrogen) atoms. The van der Waals surface area contributed by atoms with Crippen molar-refractivity contribution >= 4 is 33.7 Å². The Labute approximate surface area is 173 Å². The summed E-state index contributed by atoms with van der Waals surface area (Å²) >= 11 is 0. The number of nitrogens with two attached hydrogens (primary N) is 1. The Hall–Kier alpha value is -4.40. The largest absolute Gasteiger partial charge is 0.477 e. The predicted octanol–water partition coefficient (Wildman–Crippen LogP) is 3.61. The van der Waals surface area contributed by atoms with Gasteiger partial charge < -0.3 is 24.8 Å². The van der Waals surface area contributed by atoms with Crippen LogP contribution in [0.2, 0.25) is 0 Å². The third-order valence-electron chi connectivity index (χ3n) is 5.19. The lowest BCUT2D eigenvalue weighted by atomic mass is 10.0. The van der Waals surface area contributed by atoms with Gasteiger partial charge in [0.2, 0.25) is 0 Å². The molecule has 0 aliphatic heterocycles. The molecule has 4 heterocycles. The van der Waals surface area contributed by atoms with Gasteiger partial charge in [0.1, 0.15) is 22.9 Å². The summed E-state index contributed by atoms with van der Waals surface area (Å²) in [4.78, 5) is 31.5. The lowest BCUT2D eigenvalue weighted by Crippen LogP contribution is -2.13. The van der Waals surface area contributed by atoms with Crippen LogP contribution in [0, 0.1) is 5.82 Å². The van der Waals surface area contributed by atoms with Gasteiger partial charge in [0.25, 0.3) is 5.56 Å². The number of rotatable bonds is 4. The number of furan rings is 1. The van der Waals surface area contributed by atoms with Crippen molar-refractivity contribution in [3.05, 3.63) is 82.5 Å². The number of benzene rings is 1. The first-order valence-electron chi connectivity index (χ1n) is 9.29. The van der Waals surface area contributed by atoms with E-state index in [4.69, 9.17) is 10.2 Å². The minimum absolute atomic E-state index is 0.0707. The maximum absolute atomic E-state index is 14.8. The molecule has 0 fully saturated rings. The average molecular weight is 418 g/mol. The summed E-state index contributed by atoms with van der Waals surface area (Å²) in [6.07, 6.45) is 4.28. The lowest BCUT2D eigenvalue weighted by molar-refractivity contribution is 0.0687. The first-order valence-corrected chi connectivity index (χ1v) is 9.29. The molecule has 0 saturated carbocycles. The van der Waals surface area contributed by atoms with Crippen LogP contribution in [0.5, 0.6) is 0 Å². The van der Waals surface area contributed by atoms with Crippen LogP contribution in [0.25, 0.3) is 33.0 Å². The van der Waals surface area contributed by atoms with Gasteiger partial charge in [-0.1, -0.05) is 0 Å². The maximum Gasteiger partial charge on any atom is 0.353 e. The molecule has 4 N–H and O–H groups in total. The van der Waals surface area contributed by atoms with E-state index < -0.39 is 17.3 Å². The molecule has 9 heteroatoms. The quantitative estimate of drug-likeness (QED) is 0.409. The number of hydrogen-bond donors (Lipinski definition) is 3. The van der Waals surface area contributed by atoms with Gasteiger partial charge in [0.15, 0.2) is 0 Å². The van der Waals surface area contributed by atoms with E-state index in [1.807, 2.05) is 0 Å². The van der Waals surface area contributed by atoms with Crippen LogP contribution in [0.1, 0.15) is 16.1 Å². The van der Waals surface area contributed by atoms with Crippen LogP contribution < -0.4 is 11.3 Å². The monoisotopic (exact) mass is 418 g/mol. The zero-order valence-electron chi connectivity index (χ0n) is 15.9. The van der Waals surface area contributed by atoms with E-state index in [0.717, 1.165) is 0 Å². The molecule has 0 saturated heterocycles. The van der Waals surface area contributed by atoms with Crippen molar-refractivity contribution in [2.24, 2.45) is 0 Å². The van der Waals surface area contributed by atoms with E-state index in [1.165, 1.54) is 41.4 Å². The minimum atomic E-state index is -1.27. The Morgan fingerprint density at radius 2 is 2.13 bits per heavy atom. The zero-order chi connectivity index (χ0) is 21.7. The first-order chi connectivity index (χ1) is 15.0. The smallest absolute Gasteiger partial charge is 0.353 e. The van der Waals surface area contributed by atoms with Crippen LogP contribution in [0.3, 0.4) is 0 Å². The van der Waals surface area contributed by atoms with Crippen molar-refractivity contribution in [2.75, 3.05) is 5.73 Å². The summed E-state index contributed by atoms with van der Waals surface area (Å²) in [6, 6.07) is 9.12. The van der Waals surface area contributed by atoms with Gasteiger partial charge in [-0.3, -0.25) is 4.79 Å². The standard InChI is InChI=1S/C22H15FN4O4/c23-14-9-15-18(20-12(14)4-7-31-20)17(13-2-1-5-26-21(13)28)19(22(29)30)27(15)10-11-3-6-25-16(24)8-11/h1-9H,10H2,(H2,24,25)(H,26,28)(H,29,30). The van der Waals surface area contributed by atoms with Gasteiger partial charge in [-0.05, 0) is 42.0 Å². The predicted molar refractivity (Wildman–Crippen MR) is 112 cm³/mol. The van der Waals surface area contributed by atoms with Gasteiger partial charge in [-0.2, -0.15) is 0 Å². The molecule has 0 aliphatic rings. The Balaban J connectivity index is 1.96. The molecule has 1 aromatic carbocycles. The number of H-pyrrole nitrogens is 1.